The number of aromatic nitrogens is 3. The first-order chi connectivity index (χ1) is 18.9. The molecule has 0 aliphatic carbocycles. The molecule has 0 atom stereocenters. The van der Waals surface area contributed by atoms with Gasteiger partial charge in [-0.3, -0.25) is 15.0 Å². The smallest absolute Gasteiger partial charge is 0.337 e. The van der Waals surface area contributed by atoms with E-state index in [9.17, 15) is 19.8 Å². The maximum Gasteiger partial charge on any atom is 0.337 e. The van der Waals surface area contributed by atoms with E-state index in [-0.39, 0.29) is 11.1 Å². The second kappa shape index (κ2) is 10.6. The minimum atomic E-state index is -1.14. The van der Waals surface area contributed by atoms with Crippen LogP contribution in [0.15, 0.2) is 79.5 Å². The lowest BCUT2D eigenvalue weighted by Crippen LogP contribution is -2.04. The number of aromatic carboxylic acids is 2. The predicted octanol–water partition coefficient (Wildman–Crippen LogP) is 5.36. The quantitative estimate of drug-likeness (QED) is 0.277. The number of carbonyl (C=O) groups is 2. The first-order valence-electron chi connectivity index (χ1n) is 11.9. The van der Waals surface area contributed by atoms with Crippen LogP contribution in [0.4, 0.5) is 0 Å². The molecule has 0 bridgehead atoms. The van der Waals surface area contributed by atoms with Gasteiger partial charge in [0.2, 0.25) is 0 Å². The molecule has 9 heteroatoms. The summed E-state index contributed by atoms with van der Waals surface area (Å²) in [4.78, 5) is 36.6. The highest BCUT2D eigenvalue weighted by molar-refractivity contribution is 6.02. The second-order valence-electron chi connectivity index (χ2n) is 8.70. The number of hydrogen-bond donors (Lipinski definition) is 2. The summed E-state index contributed by atoms with van der Waals surface area (Å²) in [5.74, 6) is -1.08. The lowest BCUT2D eigenvalue weighted by atomic mass is 9.88. The Morgan fingerprint density at radius 1 is 0.718 bits per heavy atom. The highest BCUT2D eigenvalue weighted by Crippen LogP contribution is 2.38. The van der Waals surface area contributed by atoms with Gasteiger partial charge in [0.05, 0.1) is 31.0 Å². The van der Waals surface area contributed by atoms with Crippen LogP contribution in [0, 0.1) is 0 Å². The molecule has 0 fully saturated rings. The minimum Gasteiger partial charge on any atom is -0.493 e. The number of fused-ring (bicyclic) bond motifs is 1. The zero-order valence-corrected chi connectivity index (χ0v) is 21.1. The number of carboxylic acid groups (broad SMARTS) is 2. The van der Waals surface area contributed by atoms with Crippen LogP contribution < -0.4 is 9.47 Å². The molecule has 39 heavy (non-hydrogen) atoms. The molecule has 9 nitrogen and oxygen atoms in total. The number of benzene rings is 2. The fraction of sp³-hybridized carbons (Fsp3) is 0.100. The number of nitrogens with zero attached hydrogens (tertiary/aromatic N) is 3. The van der Waals surface area contributed by atoms with E-state index in [1.165, 1.54) is 24.8 Å². The van der Waals surface area contributed by atoms with Gasteiger partial charge in [0, 0.05) is 42.8 Å². The minimum absolute atomic E-state index is 0.00180. The Morgan fingerprint density at radius 2 is 1.33 bits per heavy atom. The summed E-state index contributed by atoms with van der Waals surface area (Å²) in [7, 11) is 3.15. The summed E-state index contributed by atoms with van der Waals surface area (Å²) in [6.07, 6.45) is 7.73. The Labute approximate surface area is 223 Å². The Balaban J connectivity index is 1.70. The van der Waals surface area contributed by atoms with Crippen molar-refractivity contribution in [2.75, 3.05) is 14.2 Å². The summed E-state index contributed by atoms with van der Waals surface area (Å²) in [6.45, 7) is 0. The molecule has 0 radical (unpaired) electrons. The molecular weight excluding hydrogens is 498 g/mol. The van der Waals surface area contributed by atoms with Crippen molar-refractivity contribution in [1.82, 2.24) is 15.0 Å². The van der Waals surface area contributed by atoms with Gasteiger partial charge >= 0.3 is 11.9 Å². The molecule has 2 N–H and O–H groups in total. The maximum absolute atomic E-state index is 12.1. The third-order valence-corrected chi connectivity index (χ3v) is 6.49. The molecule has 0 spiro atoms. The molecule has 0 amide bonds. The maximum atomic E-state index is 12.1. The van der Waals surface area contributed by atoms with Crippen molar-refractivity contribution in [2.24, 2.45) is 0 Å². The normalized spacial score (nSPS) is 10.8. The van der Waals surface area contributed by atoms with Crippen LogP contribution in [0.2, 0.25) is 0 Å². The van der Waals surface area contributed by atoms with E-state index >= 15 is 0 Å². The van der Waals surface area contributed by atoms with Crippen LogP contribution in [-0.2, 0) is 6.42 Å². The van der Waals surface area contributed by atoms with E-state index in [0.29, 0.717) is 40.2 Å². The van der Waals surface area contributed by atoms with E-state index in [1.54, 1.807) is 38.6 Å². The largest absolute Gasteiger partial charge is 0.493 e. The zero-order valence-electron chi connectivity index (χ0n) is 21.1. The van der Waals surface area contributed by atoms with Crippen molar-refractivity contribution in [2.45, 2.75) is 6.42 Å². The molecule has 0 unspecified atom stereocenters. The van der Waals surface area contributed by atoms with Gasteiger partial charge in [0.25, 0.3) is 0 Å². The van der Waals surface area contributed by atoms with Gasteiger partial charge in [0.1, 0.15) is 0 Å². The topological polar surface area (TPSA) is 132 Å². The van der Waals surface area contributed by atoms with Gasteiger partial charge in [-0.2, -0.15) is 0 Å². The van der Waals surface area contributed by atoms with E-state index in [2.05, 4.69) is 15.0 Å². The van der Waals surface area contributed by atoms with E-state index in [4.69, 9.17) is 9.47 Å². The molecule has 5 rings (SSSR count). The Morgan fingerprint density at radius 3 is 1.95 bits per heavy atom. The molecule has 5 aromatic rings. The van der Waals surface area contributed by atoms with Gasteiger partial charge in [-0.05, 0) is 63.5 Å². The number of pyridine rings is 3. The summed E-state index contributed by atoms with van der Waals surface area (Å²) < 4.78 is 10.9. The summed E-state index contributed by atoms with van der Waals surface area (Å²) in [6, 6.07) is 14.4. The Kier molecular flexibility index (Phi) is 6.88. The highest BCUT2D eigenvalue weighted by Gasteiger charge is 2.20. The number of methoxy groups -OCH3 is 2. The summed E-state index contributed by atoms with van der Waals surface area (Å²) in [5, 5.41) is 21.5. The molecule has 0 aliphatic heterocycles. The molecule has 3 heterocycles. The molecule has 0 saturated heterocycles. The average molecular weight is 522 g/mol. The van der Waals surface area contributed by atoms with Gasteiger partial charge in [-0.15, -0.1) is 0 Å². The van der Waals surface area contributed by atoms with Gasteiger partial charge in [-0.25, -0.2) is 9.59 Å². The molecule has 194 valence electrons. The fourth-order valence-corrected chi connectivity index (χ4v) is 4.65. The summed E-state index contributed by atoms with van der Waals surface area (Å²) >= 11 is 0. The van der Waals surface area contributed by atoms with Crippen LogP contribution in [0.3, 0.4) is 0 Å². The molecular formula is C30H23N3O6. The second-order valence-corrected chi connectivity index (χ2v) is 8.70. The van der Waals surface area contributed by atoms with Crippen LogP contribution in [-0.4, -0.2) is 51.3 Å². The number of hydrogen-bond acceptors (Lipinski definition) is 7. The Hall–Kier alpha value is -5.31. The van der Waals surface area contributed by atoms with Crippen molar-refractivity contribution in [3.8, 4) is 33.8 Å². The number of rotatable bonds is 8. The monoisotopic (exact) mass is 521 g/mol. The molecule has 2 aromatic carbocycles. The van der Waals surface area contributed by atoms with E-state index in [0.717, 1.165) is 22.0 Å². The van der Waals surface area contributed by atoms with Crippen LogP contribution in [0.1, 0.15) is 32.0 Å². The Bertz CT molecular complexity index is 1730. The lowest BCUT2D eigenvalue weighted by Gasteiger charge is -2.16. The van der Waals surface area contributed by atoms with Crippen LogP contribution in [0.5, 0.6) is 11.5 Å². The summed E-state index contributed by atoms with van der Waals surface area (Å²) in [5.41, 5.74) is 3.60. The van der Waals surface area contributed by atoms with Gasteiger partial charge < -0.3 is 19.7 Å². The van der Waals surface area contributed by atoms with Crippen molar-refractivity contribution in [3.63, 3.8) is 0 Å². The third-order valence-electron chi connectivity index (χ3n) is 6.49. The molecule has 3 aromatic heterocycles. The van der Waals surface area contributed by atoms with Crippen molar-refractivity contribution in [1.29, 1.82) is 0 Å². The van der Waals surface area contributed by atoms with Crippen molar-refractivity contribution in [3.05, 3.63) is 102 Å². The van der Waals surface area contributed by atoms with Gasteiger partial charge in [0.15, 0.2) is 11.5 Å². The lowest BCUT2D eigenvalue weighted by molar-refractivity contribution is 0.0686. The predicted molar refractivity (Wildman–Crippen MR) is 144 cm³/mol. The van der Waals surface area contributed by atoms with Crippen LogP contribution in [0.25, 0.3) is 33.0 Å². The highest BCUT2D eigenvalue weighted by atomic mass is 16.5. The standard InChI is InChI=1S/C30H23N3O6/c1-38-27-13-18-5-10-33-26(22(18)14-28(27)39-2)12-17-3-4-19(20-6-8-31-15-24(20)29(34)35)23(11-17)21-7-9-32-16-25(21)30(36)37/h3-11,13-16H,12H2,1-2H3,(H,34,35)(H,36,37). The third kappa shape index (κ3) is 4.85. The van der Waals surface area contributed by atoms with E-state index < -0.39 is 11.9 Å². The first kappa shape index (κ1) is 25.3. The van der Waals surface area contributed by atoms with Crippen molar-refractivity contribution < 1.29 is 29.3 Å². The number of carboxylic acids is 2. The SMILES string of the molecule is COc1cc2ccnc(Cc3ccc(-c4ccncc4C(=O)O)c(-c4ccncc4C(=O)O)c3)c2cc1OC. The van der Waals surface area contributed by atoms with Gasteiger partial charge in [-0.1, -0.05) is 18.2 Å². The average Bonchev–Trinajstić information content (AvgIpc) is 2.96. The zero-order chi connectivity index (χ0) is 27.5. The number of ether oxygens (including phenoxy) is 2. The fourth-order valence-electron chi connectivity index (χ4n) is 4.65. The first-order valence-corrected chi connectivity index (χ1v) is 11.9. The molecule has 0 aliphatic rings. The van der Waals surface area contributed by atoms with E-state index in [1.807, 2.05) is 30.3 Å². The van der Waals surface area contributed by atoms with Crippen molar-refractivity contribution >= 4 is 22.7 Å². The molecule has 0 saturated carbocycles. The van der Waals surface area contributed by atoms with Crippen LogP contribution >= 0.6 is 0 Å².